The van der Waals surface area contributed by atoms with Crippen molar-refractivity contribution in [3.63, 3.8) is 0 Å². The van der Waals surface area contributed by atoms with Gasteiger partial charge in [0.05, 0.1) is 6.61 Å². The number of esters is 1. The maximum atomic E-state index is 11.9. The van der Waals surface area contributed by atoms with Crippen LogP contribution in [0.25, 0.3) is 0 Å². The molecule has 98 valence electrons. The lowest BCUT2D eigenvalue weighted by atomic mass is 10.1. The van der Waals surface area contributed by atoms with E-state index in [4.69, 9.17) is 10.5 Å². The van der Waals surface area contributed by atoms with Crippen molar-refractivity contribution in [3.8, 4) is 0 Å². The Morgan fingerprint density at radius 3 is 2.56 bits per heavy atom. The van der Waals surface area contributed by atoms with Crippen LogP contribution < -0.4 is 11.1 Å². The SMILES string of the molecule is CCCCOC(=O)C(NC(N)=O)c1ccccc1. The molecule has 0 aromatic heterocycles. The highest BCUT2D eigenvalue weighted by molar-refractivity contribution is 5.84. The second kappa shape index (κ2) is 7.32. The molecule has 0 saturated heterocycles. The van der Waals surface area contributed by atoms with Crippen LogP contribution in [0.4, 0.5) is 4.79 Å². The Morgan fingerprint density at radius 2 is 2.00 bits per heavy atom. The number of carbonyl (C=O) groups is 2. The molecule has 1 atom stereocenters. The minimum absolute atomic E-state index is 0.346. The fourth-order valence-corrected chi connectivity index (χ4v) is 1.47. The number of primary amides is 1. The van der Waals surface area contributed by atoms with Crippen LogP contribution in [0, 0.1) is 0 Å². The number of benzene rings is 1. The fraction of sp³-hybridized carbons (Fsp3) is 0.385. The number of nitrogens with two attached hydrogens (primary N) is 1. The van der Waals surface area contributed by atoms with E-state index < -0.39 is 18.0 Å². The van der Waals surface area contributed by atoms with Gasteiger partial charge < -0.3 is 15.8 Å². The quantitative estimate of drug-likeness (QED) is 0.596. The van der Waals surface area contributed by atoms with E-state index >= 15 is 0 Å². The summed E-state index contributed by atoms with van der Waals surface area (Å²) in [6, 6.07) is 7.27. The van der Waals surface area contributed by atoms with Gasteiger partial charge in [-0.15, -0.1) is 0 Å². The zero-order valence-electron chi connectivity index (χ0n) is 10.4. The Balaban J connectivity index is 2.72. The van der Waals surface area contributed by atoms with Gasteiger partial charge in [0.25, 0.3) is 0 Å². The highest BCUT2D eigenvalue weighted by atomic mass is 16.5. The van der Waals surface area contributed by atoms with Gasteiger partial charge in [0.15, 0.2) is 6.04 Å². The lowest BCUT2D eigenvalue weighted by Crippen LogP contribution is -2.38. The summed E-state index contributed by atoms with van der Waals surface area (Å²) in [7, 11) is 0. The molecule has 1 rings (SSSR count). The summed E-state index contributed by atoms with van der Waals surface area (Å²) >= 11 is 0. The first-order valence-electron chi connectivity index (χ1n) is 5.92. The molecular formula is C13H18N2O3. The van der Waals surface area contributed by atoms with Crippen molar-refractivity contribution in [1.29, 1.82) is 0 Å². The molecule has 0 radical (unpaired) electrons. The van der Waals surface area contributed by atoms with E-state index in [2.05, 4.69) is 5.32 Å². The second-order valence-electron chi connectivity index (χ2n) is 3.87. The van der Waals surface area contributed by atoms with Crippen molar-refractivity contribution in [2.24, 2.45) is 5.73 Å². The van der Waals surface area contributed by atoms with Gasteiger partial charge in [0, 0.05) is 0 Å². The first-order chi connectivity index (χ1) is 8.65. The summed E-state index contributed by atoms with van der Waals surface area (Å²) in [6.45, 7) is 2.35. The minimum Gasteiger partial charge on any atom is -0.464 e. The molecule has 3 N–H and O–H groups in total. The summed E-state index contributed by atoms with van der Waals surface area (Å²) in [5.74, 6) is -0.492. The lowest BCUT2D eigenvalue weighted by molar-refractivity contribution is -0.146. The van der Waals surface area contributed by atoms with E-state index in [1.807, 2.05) is 13.0 Å². The number of amides is 2. The molecule has 1 aromatic carbocycles. The van der Waals surface area contributed by atoms with Gasteiger partial charge in [-0.05, 0) is 12.0 Å². The average Bonchev–Trinajstić information content (AvgIpc) is 2.37. The van der Waals surface area contributed by atoms with E-state index in [0.717, 1.165) is 12.8 Å². The molecule has 0 spiro atoms. The Kier molecular flexibility index (Phi) is 5.70. The number of urea groups is 1. The monoisotopic (exact) mass is 250 g/mol. The molecule has 0 aliphatic carbocycles. The largest absolute Gasteiger partial charge is 0.464 e. The molecule has 18 heavy (non-hydrogen) atoms. The van der Waals surface area contributed by atoms with Crippen LogP contribution in [-0.2, 0) is 9.53 Å². The number of unbranched alkanes of at least 4 members (excludes halogenated alkanes) is 1. The van der Waals surface area contributed by atoms with E-state index in [9.17, 15) is 9.59 Å². The zero-order chi connectivity index (χ0) is 13.4. The van der Waals surface area contributed by atoms with Gasteiger partial charge in [-0.25, -0.2) is 9.59 Å². The first kappa shape index (κ1) is 14.0. The van der Waals surface area contributed by atoms with Crippen molar-refractivity contribution in [1.82, 2.24) is 5.32 Å². The van der Waals surface area contributed by atoms with Crippen LogP contribution in [0.1, 0.15) is 31.4 Å². The predicted octanol–water partition coefficient (Wildman–Crippen LogP) is 1.74. The van der Waals surface area contributed by atoms with Crippen LogP contribution >= 0.6 is 0 Å². The van der Waals surface area contributed by atoms with Crippen molar-refractivity contribution in [3.05, 3.63) is 35.9 Å². The summed E-state index contributed by atoms with van der Waals surface area (Å²) in [5.41, 5.74) is 5.72. The summed E-state index contributed by atoms with van der Waals surface area (Å²) in [5, 5.41) is 2.39. The van der Waals surface area contributed by atoms with Crippen molar-refractivity contribution in [2.45, 2.75) is 25.8 Å². The molecule has 0 aliphatic heterocycles. The second-order valence-corrected chi connectivity index (χ2v) is 3.87. The Hall–Kier alpha value is -2.04. The molecule has 0 aliphatic rings. The van der Waals surface area contributed by atoms with Crippen molar-refractivity contribution >= 4 is 12.0 Å². The fourth-order valence-electron chi connectivity index (χ4n) is 1.47. The Morgan fingerprint density at radius 1 is 1.33 bits per heavy atom. The van der Waals surface area contributed by atoms with Crippen LogP contribution in [0.2, 0.25) is 0 Å². The van der Waals surface area contributed by atoms with Gasteiger partial charge >= 0.3 is 12.0 Å². The molecular weight excluding hydrogens is 232 g/mol. The number of hydrogen-bond donors (Lipinski definition) is 2. The summed E-state index contributed by atoms with van der Waals surface area (Å²) < 4.78 is 5.09. The van der Waals surface area contributed by atoms with Crippen LogP contribution in [-0.4, -0.2) is 18.6 Å². The molecule has 0 fully saturated rings. The van der Waals surface area contributed by atoms with E-state index in [1.54, 1.807) is 24.3 Å². The van der Waals surface area contributed by atoms with Gasteiger partial charge in [-0.1, -0.05) is 43.7 Å². The highest BCUT2D eigenvalue weighted by Gasteiger charge is 2.22. The topological polar surface area (TPSA) is 81.4 Å². The van der Waals surface area contributed by atoms with Crippen molar-refractivity contribution in [2.75, 3.05) is 6.61 Å². The minimum atomic E-state index is -0.847. The van der Waals surface area contributed by atoms with Crippen LogP contribution in [0.3, 0.4) is 0 Å². The summed E-state index contributed by atoms with van der Waals surface area (Å²) in [4.78, 5) is 22.8. The van der Waals surface area contributed by atoms with Gasteiger partial charge in [0.2, 0.25) is 0 Å². The van der Waals surface area contributed by atoms with E-state index in [1.165, 1.54) is 0 Å². The smallest absolute Gasteiger partial charge is 0.333 e. The van der Waals surface area contributed by atoms with Crippen LogP contribution in [0.5, 0.6) is 0 Å². The highest BCUT2D eigenvalue weighted by Crippen LogP contribution is 2.14. The predicted molar refractivity (Wildman–Crippen MR) is 67.8 cm³/mol. The lowest BCUT2D eigenvalue weighted by Gasteiger charge is -2.16. The molecule has 0 heterocycles. The number of nitrogens with one attached hydrogen (secondary N) is 1. The van der Waals surface area contributed by atoms with Gasteiger partial charge in [-0.2, -0.15) is 0 Å². The number of carbonyl (C=O) groups excluding carboxylic acids is 2. The van der Waals surface area contributed by atoms with Crippen LogP contribution in [0.15, 0.2) is 30.3 Å². The molecule has 0 saturated carbocycles. The zero-order valence-corrected chi connectivity index (χ0v) is 10.4. The Bertz CT molecular complexity index is 392. The molecule has 5 heteroatoms. The van der Waals surface area contributed by atoms with E-state index in [-0.39, 0.29) is 0 Å². The Labute approximate surface area is 106 Å². The normalized spacial score (nSPS) is 11.6. The maximum Gasteiger partial charge on any atom is 0.333 e. The third kappa shape index (κ3) is 4.45. The maximum absolute atomic E-state index is 11.9. The van der Waals surface area contributed by atoms with E-state index in [0.29, 0.717) is 12.2 Å². The molecule has 1 unspecified atom stereocenters. The molecule has 0 bridgehead atoms. The first-order valence-corrected chi connectivity index (χ1v) is 5.92. The standard InChI is InChI=1S/C13H18N2O3/c1-2-3-9-18-12(16)11(15-13(14)17)10-7-5-4-6-8-10/h4-8,11H,2-3,9H2,1H3,(H3,14,15,17). The summed E-state index contributed by atoms with van der Waals surface area (Å²) in [6.07, 6.45) is 1.73. The number of ether oxygens (including phenoxy) is 1. The number of hydrogen-bond acceptors (Lipinski definition) is 3. The molecule has 1 aromatic rings. The molecule has 5 nitrogen and oxygen atoms in total. The third-order valence-electron chi connectivity index (χ3n) is 2.40. The average molecular weight is 250 g/mol. The third-order valence-corrected chi connectivity index (χ3v) is 2.40. The molecule has 2 amide bonds. The van der Waals surface area contributed by atoms with Gasteiger partial charge in [-0.3, -0.25) is 0 Å². The number of rotatable bonds is 6. The van der Waals surface area contributed by atoms with Crippen molar-refractivity contribution < 1.29 is 14.3 Å². The van der Waals surface area contributed by atoms with Gasteiger partial charge in [0.1, 0.15) is 0 Å².